The summed E-state index contributed by atoms with van der Waals surface area (Å²) in [5.74, 6) is 1.02. The summed E-state index contributed by atoms with van der Waals surface area (Å²) < 4.78 is 0. The van der Waals surface area contributed by atoms with Crippen molar-refractivity contribution in [3.8, 4) is 6.07 Å². The zero-order valence-electron chi connectivity index (χ0n) is 11.9. The molecule has 2 nitrogen and oxygen atoms in total. The van der Waals surface area contributed by atoms with E-state index in [0.29, 0.717) is 11.5 Å². The molecular weight excluding hydrogens is 244 g/mol. The van der Waals surface area contributed by atoms with Gasteiger partial charge in [0.25, 0.3) is 0 Å². The van der Waals surface area contributed by atoms with Crippen LogP contribution >= 0.6 is 0 Å². The van der Waals surface area contributed by atoms with Crippen LogP contribution in [0.3, 0.4) is 0 Å². The molecule has 0 radical (unpaired) electrons. The van der Waals surface area contributed by atoms with Crippen LogP contribution in [-0.2, 0) is 5.41 Å². The molecule has 0 bridgehead atoms. The number of benzene rings is 1. The fourth-order valence-electron chi connectivity index (χ4n) is 4.01. The standard InChI is InChI=1S/C18H22N2/c19-12-18(14-4-2-1-3-5-14)10-16(11-18)20-13-17(8-9-17)15-6-7-15/h1-5,15-16,20H,6-11,13H2. The van der Waals surface area contributed by atoms with Crippen LogP contribution < -0.4 is 5.32 Å². The van der Waals surface area contributed by atoms with E-state index in [1.165, 1.54) is 37.8 Å². The molecule has 0 atom stereocenters. The topological polar surface area (TPSA) is 35.8 Å². The Morgan fingerprint density at radius 1 is 1.15 bits per heavy atom. The van der Waals surface area contributed by atoms with Crippen molar-refractivity contribution in [3.63, 3.8) is 0 Å². The second-order valence-corrected chi connectivity index (χ2v) is 7.18. The molecule has 3 aliphatic rings. The average Bonchev–Trinajstić information content (AvgIpc) is 3.32. The van der Waals surface area contributed by atoms with E-state index in [4.69, 9.17) is 0 Å². The maximum Gasteiger partial charge on any atom is 0.0852 e. The Labute approximate surface area is 121 Å². The molecule has 2 heteroatoms. The van der Waals surface area contributed by atoms with E-state index < -0.39 is 0 Å². The third-order valence-electron chi connectivity index (χ3n) is 5.81. The van der Waals surface area contributed by atoms with Crippen molar-refractivity contribution >= 4 is 0 Å². The Morgan fingerprint density at radius 2 is 1.85 bits per heavy atom. The van der Waals surface area contributed by atoms with Gasteiger partial charge in [0.15, 0.2) is 0 Å². The van der Waals surface area contributed by atoms with E-state index in [1.807, 2.05) is 18.2 Å². The van der Waals surface area contributed by atoms with E-state index in [2.05, 4.69) is 23.5 Å². The second kappa shape index (κ2) is 4.33. The van der Waals surface area contributed by atoms with E-state index in [9.17, 15) is 5.26 Å². The molecule has 0 spiro atoms. The fourth-order valence-corrected chi connectivity index (χ4v) is 4.01. The largest absolute Gasteiger partial charge is 0.313 e. The third-order valence-corrected chi connectivity index (χ3v) is 5.81. The van der Waals surface area contributed by atoms with Crippen LogP contribution in [-0.4, -0.2) is 12.6 Å². The Morgan fingerprint density at radius 3 is 2.40 bits per heavy atom. The van der Waals surface area contributed by atoms with Gasteiger partial charge < -0.3 is 5.32 Å². The maximum absolute atomic E-state index is 9.57. The lowest BCUT2D eigenvalue weighted by Gasteiger charge is -2.44. The van der Waals surface area contributed by atoms with E-state index in [-0.39, 0.29) is 5.41 Å². The van der Waals surface area contributed by atoms with Gasteiger partial charge >= 0.3 is 0 Å². The lowest BCUT2D eigenvalue weighted by molar-refractivity contribution is 0.210. The summed E-state index contributed by atoms with van der Waals surface area (Å²) in [4.78, 5) is 0. The first-order valence-corrected chi connectivity index (χ1v) is 7.97. The van der Waals surface area contributed by atoms with Crippen molar-refractivity contribution in [2.45, 2.75) is 50.0 Å². The average molecular weight is 266 g/mol. The van der Waals surface area contributed by atoms with Gasteiger partial charge in [0.2, 0.25) is 0 Å². The minimum atomic E-state index is -0.227. The molecule has 3 fully saturated rings. The van der Waals surface area contributed by atoms with Gasteiger partial charge in [0, 0.05) is 12.6 Å². The molecule has 3 aliphatic carbocycles. The summed E-state index contributed by atoms with van der Waals surface area (Å²) >= 11 is 0. The summed E-state index contributed by atoms with van der Waals surface area (Å²) in [5.41, 5.74) is 1.64. The van der Waals surface area contributed by atoms with E-state index >= 15 is 0 Å². The number of rotatable bonds is 5. The molecule has 0 aromatic heterocycles. The minimum absolute atomic E-state index is 0.227. The number of nitrogens with zero attached hydrogens (tertiary/aromatic N) is 1. The van der Waals surface area contributed by atoms with Crippen LogP contribution in [0.15, 0.2) is 30.3 Å². The highest BCUT2D eigenvalue weighted by molar-refractivity contribution is 5.36. The van der Waals surface area contributed by atoms with Gasteiger partial charge in [-0.25, -0.2) is 0 Å². The maximum atomic E-state index is 9.57. The number of hydrogen-bond acceptors (Lipinski definition) is 2. The van der Waals surface area contributed by atoms with Crippen molar-refractivity contribution in [2.75, 3.05) is 6.54 Å². The molecule has 1 aromatic rings. The molecule has 0 aliphatic heterocycles. The van der Waals surface area contributed by atoms with Gasteiger partial charge in [-0.1, -0.05) is 30.3 Å². The normalized spacial score (nSPS) is 34.0. The zero-order chi connectivity index (χ0) is 13.6. The van der Waals surface area contributed by atoms with Crippen molar-refractivity contribution in [3.05, 3.63) is 35.9 Å². The summed E-state index contributed by atoms with van der Waals surface area (Å²) in [5, 5.41) is 13.3. The molecule has 0 unspecified atom stereocenters. The van der Waals surface area contributed by atoms with Crippen LogP contribution in [0.4, 0.5) is 0 Å². The first-order valence-electron chi connectivity index (χ1n) is 7.97. The Balaban J connectivity index is 1.35. The van der Waals surface area contributed by atoms with Crippen molar-refractivity contribution in [1.82, 2.24) is 5.32 Å². The summed E-state index contributed by atoms with van der Waals surface area (Å²) in [6.07, 6.45) is 7.73. The number of nitriles is 1. The van der Waals surface area contributed by atoms with Gasteiger partial charge in [-0.15, -0.1) is 0 Å². The zero-order valence-corrected chi connectivity index (χ0v) is 11.9. The Bertz CT molecular complexity index is 528. The summed E-state index contributed by atoms with van der Waals surface area (Å²) in [7, 11) is 0. The highest BCUT2D eigenvalue weighted by atomic mass is 15.0. The Kier molecular flexibility index (Phi) is 2.69. The Hall–Kier alpha value is -1.33. The van der Waals surface area contributed by atoms with E-state index in [0.717, 1.165) is 18.8 Å². The highest BCUT2D eigenvalue weighted by Crippen LogP contribution is 2.61. The lowest BCUT2D eigenvalue weighted by atomic mass is 9.62. The molecule has 0 amide bonds. The molecule has 0 saturated heterocycles. The summed E-state index contributed by atoms with van der Waals surface area (Å²) in [6, 6.07) is 13.4. The van der Waals surface area contributed by atoms with Crippen molar-refractivity contribution in [1.29, 1.82) is 5.26 Å². The molecule has 104 valence electrons. The minimum Gasteiger partial charge on any atom is -0.313 e. The van der Waals surface area contributed by atoms with Crippen LogP contribution in [0.25, 0.3) is 0 Å². The monoisotopic (exact) mass is 266 g/mol. The van der Waals surface area contributed by atoms with Gasteiger partial charge in [-0.3, -0.25) is 0 Å². The quantitative estimate of drug-likeness (QED) is 0.886. The number of nitrogens with one attached hydrogen (secondary N) is 1. The van der Waals surface area contributed by atoms with Crippen LogP contribution in [0.5, 0.6) is 0 Å². The van der Waals surface area contributed by atoms with Crippen LogP contribution in [0.1, 0.15) is 44.1 Å². The molecule has 0 heterocycles. The van der Waals surface area contributed by atoms with Crippen LogP contribution in [0.2, 0.25) is 0 Å². The van der Waals surface area contributed by atoms with Gasteiger partial charge in [-0.05, 0) is 55.4 Å². The molecule has 20 heavy (non-hydrogen) atoms. The predicted octanol–water partition coefficient (Wildman–Crippen LogP) is 3.39. The third kappa shape index (κ3) is 1.96. The molecule has 1 N–H and O–H groups in total. The smallest absolute Gasteiger partial charge is 0.0852 e. The predicted molar refractivity (Wildman–Crippen MR) is 79.1 cm³/mol. The van der Waals surface area contributed by atoms with Gasteiger partial charge in [0.1, 0.15) is 0 Å². The van der Waals surface area contributed by atoms with Gasteiger partial charge in [-0.2, -0.15) is 5.26 Å². The fraction of sp³-hybridized carbons (Fsp3) is 0.611. The second-order valence-electron chi connectivity index (χ2n) is 7.18. The van der Waals surface area contributed by atoms with Crippen molar-refractivity contribution in [2.24, 2.45) is 11.3 Å². The van der Waals surface area contributed by atoms with E-state index in [1.54, 1.807) is 0 Å². The first-order chi connectivity index (χ1) is 9.76. The van der Waals surface area contributed by atoms with Crippen LogP contribution in [0, 0.1) is 22.7 Å². The lowest BCUT2D eigenvalue weighted by Crippen LogP contribution is -2.52. The molecule has 4 rings (SSSR count). The summed E-state index contributed by atoms with van der Waals surface area (Å²) in [6.45, 7) is 1.19. The molecule has 1 aromatic carbocycles. The first kappa shape index (κ1) is 12.4. The SMILES string of the molecule is N#CC1(c2ccccc2)CC(NCC2(C3CC3)CC2)C1. The number of hydrogen-bond donors (Lipinski definition) is 1. The van der Waals surface area contributed by atoms with Crippen molar-refractivity contribution < 1.29 is 0 Å². The van der Waals surface area contributed by atoms with Gasteiger partial charge in [0.05, 0.1) is 11.5 Å². The molecular formula is C18H22N2. The highest BCUT2D eigenvalue weighted by Gasteiger charge is 2.54. The molecule has 3 saturated carbocycles.